The van der Waals surface area contributed by atoms with Gasteiger partial charge in [-0.2, -0.15) is 0 Å². The standard InChI is InChI=1S/C18H22N2O3/c1-2-19(13-14-21)17-9-5-15(6-10-17)3-4-16-7-11-18(12-8-16)20(22)23/h3-9,11-12,17,21H,2,10,13-14H2,1H3/b4-3+. The number of allylic oxidation sites excluding steroid dienone is 3. The van der Waals surface area contributed by atoms with Crippen molar-refractivity contribution in [3.05, 3.63) is 69.8 Å². The number of nitrogens with zero attached hydrogens (tertiary/aromatic N) is 2. The molecule has 1 N–H and O–H groups in total. The molecule has 0 saturated carbocycles. The Hall–Kier alpha value is -2.24. The molecule has 0 amide bonds. The third-order valence-corrected chi connectivity index (χ3v) is 3.94. The zero-order valence-electron chi connectivity index (χ0n) is 13.3. The van der Waals surface area contributed by atoms with E-state index in [4.69, 9.17) is 5.11 Å². The highest BCUT2D eigenvalue weighted by atomic mass is 16.6. The number of hydrogen-bond acceptors (Lipinski definition) is 4. The minimum atomic E-state index is -0.397. The van der Waals surface area contributed by atoms with Crippen LogP contribution in [0.1, 0.15) is 18.9 Å². The van der Waals surface area contributed by atoms with E-state index in [0.717, 1.165) is 24.1 Å². The van der Waals surface area contributed by atoms with Crippen molar-refractivity contribution >= 4 is 11.8 Å². The maximum atomic E-state index is 10.6. The molecule has 0 aliphatic heterocycles. The van der Waals surface area contributed by atoms with Crippen LogP contribution in [0.4, 0.5) is 5.69 Å². The number of non-ortho nitro benzene ring substituents is 1. The van der Waals surface area contributed by atoms with E-state index in [1.165, 1.54) is 12.1 Å². The van der Waals surface area contributed by atoms with Gasteiger partial charge >= 0.3 is 0 Å². The molecule has 0 heterocycles. The number of benzene rings is 1. The van der Waals surface area contributed by atoms with Crippen LogP contribution in [0, 0.1) is 10.1 Å². The first-order valence-electron chi connectivity index (χ1n) is 7.80. The van der Waals surface area contributed by atoms with E-state index in [1.54, 1.807) is 12.1 Å². The van der Waals surface area contributed by atoms with Crippen LogP contribution in [0.2, 0.25) is 0 Å². The molecule has 1 aromatic rings. The van der Waals surface area contributed by atoms with Crippen molar-refractivity contribution in [1.29, 1.82) is 0 Å². The van der Waals surface area contributed by atoms with Gasteiger partial charge in [-0.25, -0.2) is 0 Å². The third kappa shape index (κ3) is 4.87. The van der Waals surface area contributed by atoms with E-state index in [1.807, 2.05) is 12.2 Å². The largest absolute Gasteiger partial charge is 0.395 e. The van der Waals surface area contributed by atoms with Gasteiger partial charge in [0.05, 0.1) is 11.5 Å². The summed E-state index contributed by atoms with van der Waals surface area (Å²) in [7, 11) is 0. The van der Waals surface area contributed by atoms with Crippen LogP contribution in [0.3, 0.4) is 0 Å². The monoisotopic (exact) mass is 314 g/mol. The molecule has 0 radical (unpaired) electrons. The number of likely N-dealkylation sites (N-methyl/N-ethyl adjacent to an activating group) is 1. The highest BCUT2D eigenvalue weighted by Crippen LogP contribution is 2.18. The Bertz CT molecular complexity index is 618. The van der Waals surface area contributed by atoms with Crippen molar-refractivity contribution in [3.8, 4) is 0 Å². The van der Waals surface area contributed by atoms with Crippen LogP contribution in [-0.4, -0.2) is 40.7 Å². The van der Waals surface area contributed by atoms with Crippen molar-refractivity contribution in [2.24, 2.45) is 0 Å². The molecule has 0 aromatic heterocycles. The minimum absolute atomic E-state index is 0.102. The smallest absolute Gasteiger partial charge is 0.269 e. The maximum Gasteiger partial charge on any atom is 0.269 e. The minimum Gasteiger partial charge on any atom is -0.395 e. The quantitative estimate of drug-likeness (QED) is 0.620. The van der Waals surface area contributed by atoms with Crippen molar-refractivity contribution in [3.63, 3.8) is 0 Å². The number of nitro groups is 1. The van der Waals surface area contributed by atoms with Gasteiger partial charge in [-0.05, 0) is 36.2 Å². The fraction of sp³-hybridized carbons (Fsp3) is 0.333. The summed E-state index contributed by atoms with van der Waals surface area (Å²) in [5, 5.41) is 19.7. The number of rotatable bonds is 7. The summed E-state index contributed by atoms with van der Waals surface area (Å²) in [6.45, 7) is 3.87. The molecule has 1 atom stereocenters. The van der Waals surface area contributed by atoms with Crippen molar-refractivity contribution in [1.82, 2.24) is 4.90 Å². The lowest BCUT2D eigenvalue weighted by Gasteiger charge is -2.28. The maximum absolute atomic E-state index is 10.6. The van der Waals surface area contributed by atoms with E-state index in [-0.39, 0.29) is 12.3 Å². The van der Waals surface area contributed by atoms with Gasteiger partial charge in [-0.15, -0.1) is 0 Å². The summed E-state index contributed by atoms with van der Waals surface area (Å²) >= 11 is 0. The molecule has 23 heavy (non-hydrogen) atoms. The predicted octanol–water partition coefficient (Wildman–Crippen LogP) is 3.18. The summed E-state index contributed by atoms with van der Waals surface area (Å²) in [5.74, 6) is 0. The molecular weight excluding hydrogens is 292 g/mol. The zero-order chi connectivity index (χ0) is 16.7. The molecule has 0 fully saturated rings. The highest BCUT2D eigenvalue weighted by Gasteiger charge is 2.14. The van der Waals surface area contributed by atoms with Crippen molar-refractivity contribution in [2.75, 3.05) is 19.7 Å². The summed E-state index contributed by atoms with van der Waals surface area (Å²) in [6, 6.07) is 6.84. The number of aliphatic hydroxyl groups is 1. The molecule has 5 heteroatoms. The first kappa shape index (κ1) is 17.1. The molecule has 122 valence electrons. The Labute approximate surface area is 136 Å². The second-order valence-electron chi connectivity index (χ2n) is 5.40. The van der Waals surface area contributed by atoms with E-state index in [0.29, 0.717) is 12.6 Å². The Morgan fingerprint density at radius 1 is 1.35 bits per heavy atom. The second-order valence-corrected chi connectivity index (χ2v) is 5.40. The van der Waals surface area contributed by atoms with E-state index >= 15 is 0 Å². The fourth-order valence-corrected chi connectivity index (χ4v) is 2.61. The van der Waals surface area contributed by atoms with Crippen molar-refractivity contribution < 1.29 is 10.0 Å². The zero-order valence-corrected chi connectivity index (χ0v) is 13.3. The molecule has 0 bridgehead atoms. The van der Waals surface area contributed by atoms with E-state index in [2.05, 4.69) is 30.1 Å². The fourth-order valence-electron chi connectivity index (χ4n) is 2.61. The SMILES string of the molecule is CCN(CCO)C1C=CC(/C=C/c2ccc([N+](=O)[O-])cc2)=CC1. The lowest BCUT2D eigenvalue weighted by atomic mass is 10.0. The van der Waals surface area contributed by atoms with E-state index in [9.17, 15) is 10.1 Å². The molecule has 1 aromatic carbocycles. The molecule has 1 unspecified atom stereocenters. The topological polar surface area (TPSA) is 66.6 Å². The molecule has 0 saturated heterocycles. The van der Waals surface area contributed by atoms with Crippen LogP contribution in [-0.2, 0) is 0 Å². The van der Waals surface area contributed by atoms with Crippen LogP contribution >= 0.6 is 0 Å². The van der Waals surface area contributed by atoms with Gasteiger partial charge in [0.25, 0.3) is 5.69 Å². The first-order valence-corrected chi connectivity index (χ1v) is 7.80. The normalized spacial score (nSPS) is 17.7. The molecule has 5 nitrogen and oxygen atoms in total. The van der Waals surface area contributed by atoms with Crippen LogP contribution in [0.25, 0.3) is 6.08 Å². The Morgan fingerprint density at radius 3 is 2.61 bits per heavy atom. The van der Waals surface area contributed by atoms with E-state index < -0.39 is 4.92 Å². The molecular formula is C18H22N2O3. The van der Waals surface area contributed by atoms with Gasteiger partial charge < -0.3 is 5.11 Å². The van der Waals surface area contributed by atoms with Crippen molar-refractivity contribution in [2.45, 2.75) is 19.4 Å². The van der Waals surface area contributed by atoms with Gasteiger partial charge in [0, 0.05) is 24.7 Å². The summed E-state index contributed by atoms with van der Waals surface area (Å²) in [6.07, 6.45) is 11.3. The Balaban J connectivity index is 1.95. The molecule has 1 aliphatic carbocycles. The number of nitro benzene ring substituents is 1. The van der Waals surface area contributed by atoms with Gasteiger partial charge in [-0.3, -0.25) is 15.0 Å². The first-order chi connectivity index (χ1) is 11.1. The number of hydrogen-bond donors (Lipinski definition) is 1. The molecule has 2 rings (SSSR count). The summed E-state index contributed by atoms with van der Waals surface area (Å²) in [4.78, 5) is 12.5. The lowest BCUT2D eigenvalue weighted by Crippen LogP contribution is -2.36. The van der Waals surface area contributed by atoms with Gasteiger partial charge in [-0.1, -0.05) is 37.3 Å². The van der Waals surface area contributed by atoms with Gasteiger partial charge in [0.2, 0.25) is 0 Å². The molecule has 1 aliphatic rings. The average Bonchev–Trinajstić information content (AvgIpc) is 2.59. The Morgan fingerprint density at radius 2 is 2.09 bits per heavy atom. The second kappa shape index (κ2) is 8.41. The Kier molecular flexibility index (Phi) is 6.26. The average molecular weight is 314 g/mol. The van der Waals surface area contributed by atoms with Crippen LogP contribution in [0.15, 0.2) is 54.1 Å². The number of aliphatic hydroxyl groups excluding tert-OH is 1. The van der Waals surface area contributed by atoms with Crippen LogP contribution in [0.5, 0.6) is 0 Å². The summed E-state index contributed by atoms with van der Waals surface area (Å²) < 4.78 is 0. The molecule has 0 spiro atoms. The van der Waals surface area contributed by atoms with Gasteiger partial charge in [0.1, 0.15) is 0 Å². The predicted molar refractivity (Wildman–Crippen MR) is 92.1 cm³/mol. The summed E-state index contributed by atoms with van der Waals surface area (Å²) in [5.41, 5.74) is 2.16. The van der Waals surface area contributed by atoms with Gasteiger partial charge in [0.15, 0.2) is 0 Å². The lowest BCUT2D eigenvalue weighted by molar-refractivity contribution is -0.384. The van der Waals surface area contributed by atoms with Crippen LogP contribution < -0.4 is 0 Å². The highest BCUT2D eigenvalue weighted by molar-refractivity contribution is 5.56. The third-order valence-electron chi connectivity index (χ3n) is 3.94.